The van der Waals surface area contributed by atoms with Crippen LogP contribution in [0.15, 0.2) is 18.2 Å². The first-order valence-electron chi connectivity index (χ1n) is 6.11. The molecule has 0 unspecified atom stereocenters. The smallest absolute Gasteiger partial charge is 0.341 e. The van der Waals surface area contributed by atoms with E-state index in [1.54, 1.807) is 18.2 Å². The first kappa shape index (κ1) is 14.0. The third-order valence-electron chi connectivity index (χ3n) is 3.68. The highest BCUT2D eigenvalue weighted by molar-refractivity contribution is 6.08. The molecule has 0 saturated carbocycles. The number of fused-ring (bicyclic) bond motifs is 1. The average molecular weight is 277 g/mol. The molecule has 1 aliphatic rings. The standard InChI is InChI=1S/C14H15NO5/c1-8(16)5-9-3-4-11-10(6-9)7-14(12(17)18,13(19)20)15(11)2/h3-4,6H,5,7H2,1-2H3,(H,17,18)(H,19,20). The second kappa shape index (κ2) is 4.63. The second-order valence-electron chi connectivity index (χ2n) is 5.05. The second-order valence-corrected chi connectivity index (χ2v) is 5.05. The van der Waals surface area contributed by atoms with Crippen LogP contribution in [-0.2, 0) is 27.2 Å². The quantitative estimate of drug-likeness (QED) is 0.787. The zero-order valence-electron chi connectivity index (χ0n) is 11.2. The van der Waals surface area contributed by atoms with Gasteiger partial charge in [-0.05, 0) is 24.1 Å². The van der Waals surface area contributed by atoms with Crippen molar-refractivity contribution in [1.82, 2.24) is 0 Å². The fourth-order valence-electron chi connectivity index (χ4n) is 2.63. The van der Waals surface area contributed by atoms with Gasteiger partial charge in [-0.3, -0.25) is 4.79 Å². The van der Waals surface area contributed by atoms with E-state index in [1.165, 1.54) is 18.9 Å². The summed E-state index contributed by atoms with van der Waals surface area (Å²) in [6, 6.07) is 5.10. The van der Waals surface area contributed by atoms with Crippen LogP contribution in [0.2, 0.25) is 0 Å². The van der Waals surface area contributed by atoms with E-state index >= 15 is 0 Å². The number of aliphatic carboxylic acids is 2. The van der Waals surface area contributed by atoms with Crippen molar-refractivity contribution in [2.45, 2.75) is 25.3 Å². The minimum atomic E-state index is -1.98. The van der Waals surface area contributed by atoms with Crippen molar-refractivity contribution in [1.29, 1.82) is 0 Å². The minimum absolute atomic E-state index is 0.000894. The molecule has 0 fully saturated rings. The molecule has 1 aromatic carbocycles. The molecule has 0 aromatic heterocycles. The molecule has 2 rings (SSSR count). The number of carbonyl (C=O) groups is 3. The van der Waals surface area contributed by atoms with Gasteiger partial charge in [0.1, 0.15) is 5.78 Å². The molecular formula is C14H15NO5. The van der Waals surface area contributed by atoms with E-state index in [9.17, 15) is 24.6 Å². The lowest BCUT2D eigenvalue weighted by Gasteiger charge is -2.29. The molecule has 0 spiro atoms. The van der Waals surface area contributed by atoms with E-state index in [1.807, 2.05) is 0 Å². The molecule has 0 atom stereocenters. The van der Waals surface area contributed by atoms with Crippen molar-refractivity contribution in [2.24, 2.45) is 0 Å². The largest absolute Gasteiger partial charge is 0.479 e. The highest BCUT2D eigenvalue weighted by Gasteiger charge is 2.55. The lowest BCUT2D eigenvalue weighted by molar-refractivity contribution is -0.156. The van der Waals surface area contributed by atoms with Crippen molar-refractivity contribution in [2.75, 3.05) is 11.9 Å². The van der Waals surface area contributed by atoms with Gasteiger partial charge >= 0.3 is 11.9 Å². The molecular weight excluding hydrogens is 262 g/mol. The molecule has 1 heterocycles. The summed E-state index contributed by atoms with van der Waals surface area (Å²) in [4.78, 5) is 35.3. The average Bonchev–Trinajstić information content (AvgIpc) is 2.62. The molecule has 1 aromatic rings. The molecule has 0 radical (unpaired) electrons. The summed E-state index contributed by atoms with van der Waals surface area (Å²) in [7, 11) is 1.46. The topological polar surface area (TPSA) is 94.9 Å². The number of ketones is 1. The van der Waals surface area contributed by atoms with Crippen LogP contribution in [0.3, 0.4) is 0 Å². The highest BCUT2D eigenvalue weighted by Crippen LogP contribution is 2.38. The Kier molecular flexibility index (Phi) is 3.25. The molecule has 0 bridgehead atoms. The lowest BCUT2D eigenvalue weighted by Crippen LogP contribution is -2.57. The van der Waals surface area contributed by atoms with Crippen LogP contribution in [0.25, 0.3) is 0 Å². The summed E-state index contributed by atoms with van der Waals surface area (Å²) in [5.74, 6) is -2.78. The summed E-state index contributed by atoms with van der Waals surface area (Å²) in [5.41, 5.74) is -0.00800. The normalized spacial score (nSPS) is 15.8. The number of Topliss-reactive ketones (excluding diaryl/α,β-unsaturated/α-hetero) is 1. The highest BCUT2D eigenvalue weighted by atomic mass is 16.4. The predicted octanol–water partition coefficient (Wildman–Crippen LogP) is 0.718. The number of hydrogen-bond donors (Lipinski definition) is 2. The maximum Gasteiger partial charge on any atom is 0.341 e. The van der Waals surface area contributed by atoms with E-state index < -0.39 is 17.5 Å². The van der Waals surface area contributed by atoms with Crippen LogP contribution in [0.4, 0.5) is 5.69 Å². The minimum Gasteiger partial charge on any atom is -0.479 e. The van der Waals surface area contributed by atoms with Crippen LogP contribution in [0.1, 0.15) is 18.1 Å². The Morgan fingerprint density at radius 1 is 1.25 bits per heavy atom. The van der Waals surface area contributed by atoms with Gasteiger partial charge in [0.05, 0.1) is 0 Å². The van der Waals surface area contributed by atoms with E-state index in [2.05, 4.69) is 0 Å². The lowest BCUT2D eigenvalue weighted by atomic mass is 9.94. The fourth-order valence-corrected chi connectivity index (χ4v) is 2.63. The zero-order chi connectivity index (χ0) is 15.1. The van der Waals surface area contributed by atoms with Crippen LogP contribution in [0.5, 0.6) is 0 Å². The van der Waals surface area contributed by atoms with E-state index in [-0.39, 0.29) is 18.6 Å². The van der Waals surface area contributed by atoms with Gasteiger partial charge in [-0.1, -0.05) is 12.1 Å². The molecule has 0 aliphatic carbocycles. The molecule has 2 N–H and O–H groups in total. The van der Waals surface area contributed by atoms with Gasteiger partial charge in [0.25, 0.3) is 0 Å². The summed E-state index contributed by atoms with van der Waals surface area (Å²) < 4.78 is 0. The fraction of sp³-hybridized carbons (Fsp3) is 0.357. The summed E-state index contributed by atoms with van der Waals surface area (Å²) >= 11 is 0. The van der Waals surface area contributed by atoms with E-state index in [4.69, 9.17) is 0 Å². The van der Waals surface area contributed by atoms with Crippen molar-refractivity contribution in [3.63, 3.8) is 0 Å². The number of hydrogen-bond acceptors (Lipinski definition) is 4. The van der Waals surface area contributed by atoms with E-state index in [0.29, 0.717) is 11.3 Å². The van der Waals surface area contributed by atoms with E-state index in [0.717, 1.165) is 5.56 Å². The monoisotopic (exact) mass is 277 g/mol. The number of carboxylic acid groups (broad SMARTS) is 2. The van der Waals surface area contributed by atoms with Crippen LogP contribution in [0, 0.1) is 0 Å². The number of nitrogens with zero attached hydrogens (tertiary/aromatic N) is 1. The Balaban J connectivity index is 2.47. The Morgan fingerprint density at radius 3 is 2.35 bits per heavy atom. The molecule has 0 saturated heterocycles. The Bertz CT molecular complexity index is 594. The molecule has 0 amide bonds. The van der Waals surface area contributed by atoms with Gasteiger partial charge in [0, 0.05) is 25.6 Å². The van der Waals surface area contributed by atoms with Crippen molar-refractivity contribution >= 4 is 23.4 Å². The Hall–Kier alpha value is -2.37. The SMILES string of the molecule is CC(=O)Cc1ccc2c(c1)CC(C(=O)O)(C(=O)O)N2C. The maximum absolute atomic E-state index is 11.4. The molecule has 20 heavy (non-hydrogen) atoms. The van der Waals surface area contributed by atoms with Gasteiger partial charge in [-0.2, -0.15) is 0 Å². The number of benzene rings is 1. The third kappa shape index (κ3) is 1.93. The Labute approximate surface area is 115 Å². The summed E-state index contributed by atoms with van der Waals surface area (Å²) in [5, 5.41) is 18.6. The summed E-state index contributed by atoms with van der Waals surface area (Å²) in [6.45, 7) is 1.47. The van der Waals surface area contributed by atoms with Gasteiger partial charge in [-0.25, -0.2) is 9.59 Å². The number of rotatable bonds is 4. The molecule has 106 valence electrons. The van der Waals surface area contributed by atoms with Crippen molar-refractivity contribution in [3.8, 4) is 0 Å². The molecule has 6 nitrogen and oxygen atoms in total. The maximum atomic E-state index is 11.4. The number of anilines is 1. The first-order chi connectivity index (χ1) is 9.29. The van der Waals surface area contributed by atoms with Crippen LogP contribution >= 0.6 is 0 Å². The van der Waals surface area contributed by atoms with Crippen LogP contribution in [-0.4, -0.2) is 40.5 Å². The van der Waals surface area contributed by atoms with Gasteiger partial charge in [-0.15, -0.1) is 0 Å². The zero-order valence-corrected chi connectivity index (χ0v) is 11.2. The van der Waals surface area contributed by atoms with Crippen molar-refractivity contribution < 1.29 is 24.6 Å². The van der Waals surface area contributed by atoms with Gasteiger partial charge < -0.3 is 15.1 Å². The molecule has 1 aliphatic heterocycles. The third-order valence-corrected chi connectivity index (χ3v) is 3.68. The first-order valence-corrected chi connectivity index (χ1v) is 6.11. The van der Waals surface area contributed by atoms with Gasteiger partial charge in [0.15, 0.2) is 0 Å². The number of carboxylic acids is 2. The number of carbonyl (C=O) groups excluding carboxylic acids is 1. The Morgan fingerprint density at radius 2 is 1.85 bits per heavy atom. The summed E-state index contributed by atoms with van der Waals surface area (Å²) in [6.07, 6.45) is 0.138. The predicted molar refractivity (Wildman–Crippen MR) is 70.9 cm³/mol. The van der Waals surface area contributed by atoms with Gasteiger partial charge in [0.2, 0.25) is 5.54 Å². The number of likely N-dealkylation sites (N-methyl/N-ethyl adjacent to an activating group) is 1. The van der Waals surface area contributed by atoms with Crippen molar-refractivity contribution in [3.05, 3.63) is 29.3 Å². The van der Waals surface area contributed by atoms with Crippen LogP contribution < -0.4 is 4.90 Å². The molecule has 6 heteroatoms.